The van der Waals surface area contributed by atoms with Crippen LogP contribution in [0.2, 0.25) is 0 Å². The first-order valence-corrected chi connectivity index (χ1v) is 18.8. The van der Waals surface area contributed by atoms with E-state index in [1.807, 2.05) is 39.8 Å². The molecule has 0 aromatic heterocycles. The van der Waals surface area contributed by atoms with E-state index in [0.29, 0.717) is 13.0 Å². The number of cyclic esters (lactones) is 1. The number of aliphatic hydroxyl groups excluding tert-OH is 3. The molecule has 4 unspecified atom stereocenters. The van der Waals surface area contributed by atoms with Crippen molar-refractivity contribution in [3.63, 3.8) is 0 Å². The summed E-state index contributed by atoms with van der Waals surface area (Å²) in [7, 11) is 5.27. The van der Waals surface area contributed by atoms with Gasteiger partial charge in [-0.3, -0.25) is 4.79 Å². The Morgan fingerprint density at radius 1 is 1.06 bits per heavy atom. The zero-order valence-corrected chi connectivity index (χ0v) is 33.2. The van der Waals surface area contributed by atoms with Gasteiger partial charge < -0.3 is 64.2 Å². The van der Waals surface area contributed by atoms with Crippen LogP contribution >= 0.6 is 0 Å². The van der Waals surface area contributed by atoms with Crippen LogP contribution in [0, 0.1) is 17.8 Å². The molecule has 3 aliphatic heterocycles. The van der Waals surface area contributed by atoms with Gasteiger partial charge in [0.1, 0.15) is 23.9 Å². The van der Waals surface area contributed by atoms with E-state index in [-0.39, 0.29) is 37.3 Å². The van der Waals surface area contributed by atoms with Crippen LogP contribution in [0.15, 0.2) is 0 Å². The summed E-state index contributed by atoms with van der Waals surface area (Å²) >= 11 is 0. The summed E-state index contributed by atoms with van der Waals surface area (Å²) in [5.41, 5.74) is -4.35. The van der Waals surface area contributed by atoms with Crippen molar-refractivity contribution in [2.45, 2.75) is 185 Å². The van der Waals surface area contributed by atoms with Crippen LogP contribution in [0.5, 0.6) is 0 Å². The summed E-state index contributed by atoms with van der Waals surface area (Å²) in [5, 5.41) is 60.5. The first-order valence-electron chi connectivity index (χ1n) is 18.8. The maximum atomic E-state index is 14.3. The Hall–Kier alpha value is -1.01. The van der Waals surface area contributed by atoms with Crippen molar-refractivity contribution < 1.29 is 58.7 Å². The number of likely N-dealkylation sites (N-methyl/N-ethyl adjacent to an activating group) is 1. The van der Waals surface area contributed by atoms with E-state index >= 15 is 0 Å². The van der Waals surface area contributed by atoms with E-state index in [1.165, 1.54) is 14.0 Å². The second kappa shape index (κ2) is 17.6. The van der Waals surface area contributed by atoms with Crippen molar-refractivity contribution in [3.8, 4) is 0 Å². The summed E-state index contributed by atoms with van der Waals surface area (Å²) < 4.78 is 37.5. The lowest BCUT2D eigenvalue weighted by Crippen LogP contribution is -2.60. The summed E-state index contributed by atoms with van der Waals surface area (Å²) in [6.07, 6.45) is -8.13. The lowest BCUT2D eigenvalue weighted by Gasteiger charge is -2.48. The number of hydrogen-bond donors (Lipinski definition) is 6. The van der Waals surface area contributed by atoms with Crippen molar-refractivity contribution in [2.24, 2.45) is 17.8 Å². The molecule has 3 aliphatic rings. The first kappa shape index (κ1) is 44.4. The molecule has 300 valence electrons. The van der Waals surface area contributed by atoms with Gasteiger partial charge in [-0.1, -0.05) is 20.8 Å². The zero-order valence-electron chi connectivity index (χ0n) is 33.2. The highest BCUT2D eigenvalue weighted by Gasteiger charge is 2.52. The lowest BCUT2D eigenvalue weighted by atomic mass is 9.77. The quantitative estimate of drug-likeness (QED) is 0.187. The highest BCUT2D eigenvalue weighted by Crippen LogP contribution is 2.40. The van der Waals surface area contributed by atoms with E-state index in [1.54, 1.807) is 41.5 Å². The van der Waals surface area contributed by atoms with Crippen LogP contribution < -0.4 is 5.32 Å². The highest BCUT2D eigenvalue weighted by molar-refractivity contribution is 5.73. The van der Waals surface area contributed by atoms with Crippen LogP contribution in [-0.4, -0.2) is 154 Å². The maximum absolute atomic E-state index is 14.3. The van der Waals surface area contributed by atoms with Gasteiger partial charge in [0.05, 0.1) is 47.6 Å². The number of hydrogen-bond acceptors (Lipinski definition) is 14. The molecule has 3 heterocycles. The number of nitrogens with zero attached hydrogens (tertiary/aromatic N) is 1. The van der Waals surface area contributed by atoms with Crippen molar-refractivity contribution in [1.29, 1.82) is 0 Å². The fourth-order valence-corrected chi connectivity index (χ4v) is 8.36. The Morgan fingerprint density at radius 2 is 1.69 bits per heavy atom. The molecule has 3 rings (SSSR count). The molecule has 0 aromatic carbocycles. The van der Waals surface area contributed by atoms with Gasteiger partial charge in [0, 0.05) is 31.5 Å². The number of nitrogens with one attached hydrogen (secondary N) is 1. The van der Waals surface area contributed by atoms with Gasteiger partial charge in [0.15, 0.2) is 12.6 Å². The molecule has 18 atom stereocenters. The molecule has 0 aliphatic carbocycles. The summed E-state index contributed by atoms with van der Waals surface area (Å²) in [6.45, 7) is 17.9. The molecular formula is C37H70N2O12. The summed E-state index contributed by atoms with van der Waals surface area (Å²) in [4.78, 5) is 16.2. The molecular weight excluding hydrogens is 664 g/mol. The van der Waals surface area contributed by atoms with Crippen LogP contribution in [0.4, 0.5) is 0 Å². The molecule has 51 heavy (non-hydrogen) atoms. The number of rotatable bonds is 9. The van der Waals surface area contributed by atoms with Gasteiger partial charge in [0.2, 0.25) is 0 Å². The first-order chi connectivity index (χ1) is 23.5. The van der Waals surface area contributed by atoms with Crippen molar-refractivity contribution in [2.75, 3.05) is 27.7 Å². The maximum Gasteiger partial charge on any atom is 0.311 e. The van der Waals surface area contributed by atoms with Crippen LogP contribution in [0.1, 0.15) is 94.9 Å². The van der Waals surface area contributed by atoms with E-state index in [9.17, 15) is 30.3 Å². The van der Waals surface area contributed by atoms with Crippen LogP contribution in [0.3, 0.4) is 0 Å². The monoisotopic (exact) mass is 734 g/mol. The Morgan fingerprint density at radius 3 is 2.25 bits per heavy atom. The largest absolute Gasteiger partial charge is 0.457 e. The fraction of sp³-hybridized carbons (Fsp3) is 0.973. The van der Waals surface area contributed by atoms with Gasteiger partial charge >= 0.3 is 5.97 Å². The minimum Gasteiger partial charge on any atom is -0.457 e. The summed E-state index contributed by atoms with van der Waals surface area (Å²) in [6, 6.07) is -0.853. The van der Waals surface area contributed by atoms with E-state index in [2.05, 4.69) is 5.32 Å². The number of aliphatic hydroxyl groups is 5. The number of carbonyl (C=O) groups excluding carboxylic acids is 1. The molecule has 3 saturated heterocycles. The minimum atomic E-state index is -1.80. The third-order valence-electron chi connectivity index (χ3n) is 11.7. The second-order valence-electron chi connectivity index (χ2n) is 16.7. The van der Waals surface area contributed by atoms with Crippen molar-refractivity contribution >= 4 is 5.97 Å². The van der Waals surface area contributed by atoms with Gasteiger partial charge in [-0.2, -0.15) is 0 Å². The Bertz CT molecular complexity index is 1110. The Labute approximate surface area is 305 Å². The van der Waals surface area contributed by atoms with Gasteiger partial charge in [-0.05, 0) is 94.3 Å². The lowest BCUT2D eigenvalue weighted by molar-refractivity contribution is -0.318. The molecule has 0 saturated carbocycles. The number of esters is 1. The molecule has 0 aromatic rings. The van der Waals surface area contributed by atoms with Gasteiger partial charge in [-0.15, -0.1) is 0 Å². The smallest absolute Gasteiger partial charge is 0.311 e. The predicted molar refractivity (Wildman–Crippen MR) is 190 cm³/mol. The standard InChI is InChI=1S/C37H70N2O12/c1-14-26(40)37(10,45)32-23(6)38-18-19(2)16-35(8,44)31(51-34-28(41)25(39(11)12)15-20(3)47-34)21(4)29(22(5)33(43)50-32)49-27-17-36(9,46-13)30(42)24(7)48-27/h19-32,34,38,40-42,44-45H,14-18H2,1-13H3/t19-,20?,21+,22-,23-,24?,25-,26-,27+,28?,29+,30+,31-,32?,34+,35-,36+,37-/m1/s1. The second-order valence-corrected chi connectivity index (χ2v) is 16.7. The fourth-order valence-electron chi connectivity index (χ4n) is 8.36. The van der Waals surface area contributed by atoms with E-state index < -0.39 is 96.0 Å². The van der Waals surface area contributed by atoms with Crippen molar-refractivity contribution in [1.82, 2.24) is 10.2 Å². The molecule has 14 heteroatoms. The average Bonchev–Trinajstić information content (AvgIpc) is 3.05. The Balaban J connectivity index is 2.14. The number of methoxy groups -OCH3 is 1. The van der Waals surface area contributed by atoms with Crippen LogP contribution in [-0.2, 0) is 33.2 Å². The molecule has 0 bridgehead atoms. The number of carbonyl (C=O) groups is 1. The molecule has 0 amide bonds. The molecule has 0 radical (unpaired) electrons. The minimum absolute atomic E-state index is 0.131. The normalized spacial score (nSPS) is 47.0. The average molecular weight is 735 g/mol. The zero-order chi connectivity index (χ0) is 38.8. The van der Waals surface area contributed by atoms with Crippen LogP contribution in [0.25, 0.3) is 0 Å². The molecule has 6 N–H and O–H groups in total. The molecule has 14 nitrogen and oxygen atoms in total. The third-order valence-corrected chi connectivity index (χ3v) is 11.7. The van der Waals surface area contributed by atoms with E-state index in [4.69, 9.17) is 28.4 Å². The molecule has 3 fully saturated rings. The topological polar surface area (TPSA) is 189 Å². The highest BCUT2D eigenvalue weighted by atomic mass is 16.7. The predicted octanol–water partition coefficient (Wildman–Crippen LogP) is 1.56. The third kappa shape index (κ3) is 10.2. The summed E-state index contributed by atoms with van der Waals surface area (Å²) in [5.74, 6) is -2.61. The van der Waals surface area contributed by atoms with Crippen molar-refractivity contribution in [3.05, 3.63) is 0 Å². The van der Waals surface area contributed by atoms with E-state index in [0.717, 1.165) is 0 Å². The van der Waals surface area contributed by atoms with Gasteiger partial charge in [0.25, 0.3) is 0 Å². The number of ether oxygens (including phenoxy) is 6. The Kier molecular flexibility index (Phi) is 15.3. The SMILES string of the molecule is CC[C@@H](O)[C@@](C)(O)C1OC(=O)[C@H](C)[C@@H](O[C@H]2C[C@](C)(OC)[C@@H](O)C(C)O2)[C@H](C)[C@@H](O[C@@H]2OC(C)C[C@@H](N(C)C)C2O)[C@](C)(O)C[C@@H](C)CN[C@@H]1C. The van der Waals surface area contributed by atoms with Gasteiger partial charge in [-0.25, -0.2) is 0 Å². The molecule has 0 spiro atoms.